The van der Waals surface area contributed by atoms with Crippen molar-refractivity contribution in [2.45, 2.75) is 50.5 Å². The highest BCUT2D eigenvalue weighted by molar-refractivity contribution is 5.46. The Morgan fingerprint density at radius 1 is 0.952 bits per heavy atom. The van der Waals surface area contributed by atoms with Gasteiger partial charge in [0.25, 0.3) is 0 Å². The maximum atomic E-state index is 5.90. The first-order valence-corrected chi connectivity index (χ1v) is 8.54. The smallest absolute Gasteiger partial charge is 0.161 e. The second-order valence-electron chi connectivity index (χ2n) is 6.70. The number of hydrogen-bond donors (Lipinski definition) is 1. The van der Waals surface area contributed by atoms with Crippen LogP contribution < -0.4 is 14.8 Å². The number of hydrogen-bond acceptors (Lipinski definition) is 3. The predicted octanol–water partition coefficient (Wildman–Crippen LogP) is 3.62. The maximum absolute atomic E-state index is 5.90. The molecule has 2 fully saturated rings. The topological polar surface area (TPSA) is 30.5 Å². The van der Waals surface area contributed by atoms with E-state index in [-0.39, 0.29) is 5.54 Å². The first kappa shape index (κ1) is 13.4. The highest BCUT2D eigenvalue weighted by Crippen LogP contribution is 2.50. The fourth-order valence-corrected chi connectivity index (χ4v) is 3.95. The number of benzene rings is 1. The Kier molecular flexibility index (Phi) is 3.54. The molecule has 114 valence electrons. The van der Waals surface area contributed by atoms with Crippen molar-refractivity contribution in [1.29, 1.82) is 0 Å². The molecule has 0 aromatic heterocycles. The number of nitrogens with one attached hydrogen (secondary N) is 1. The maximum Gasteiger partial charge on any atom is 0.161 e. The zero-order chi connectivity index (χ0) is 14.1. The fraction of sp³-hybridized carbons (Fsp3) is 0.667. The molecule has 1 saturated carbocycles. The quantitative estimate of drug-likeness (QED) is 0.901. The van der Waals surface area contributed by atoms with E-state index < -0.39 is 0 Å². The normalized spacial score (nSPS) is 29.5. The van der Waals surface area contributed by atoms with Gasteiger partial charge in [0.05, 0.1) is 13.2 Å². The molecule has 3 aliphatic rings. The molecule has 1 N–H and O–H groups in total. The van der Waals surface area contributed by atoms with Crippen molar-refractivity contribution < 1.29 is 9.47 Å². The first-order chi connectivity index (χ1) is 10.4. The summed E-state index contributed by atoms with van der Waals surface area (Å²) in [5.74, 6) is 2.66. The Balaban J connectivity index is 1.70. The summed E-state index contributed by atoms with van der Waals surface area (Å²) in [6, 6.07) is 6.63. The zero-order valence-electron chi connectivity index (χ0n) is 12.7. The molecular weight excluding hydrogens is 262 g/mol. The second-order valence-corrected chi connectivity index (χ2v) is 6.70. The molecule has 1 aromatic carbocycles. The van der Waals surface area contributed by atoms with E-state index in [1.807, 2.05) is 0 Å². The zero-order valence-corrected chi connectivity index (χ0v) is 12.7. The van der Waals surface area contributed by atoms with Crippen molar-refractivity contribution in [3.05, 3.63) is 23.8 Å². The Bertz CT molecular complexity index is 502. The van der Waals surface area contributed by atoms with Gasteiger partial charge in [-0.25, -0.2) is 0 Å². The molecule has 0 amide bonds. The molecule has 1 aromatic rings. The van der Waals surface area contributed by atoms with E-state index in [1.165, 1.54) is 44.1 Å². The van der Waals surface area contributed by atoms with Crippen molar-refractivity contribution in [2.75, 3.05) is 19.8 Å². The van der Waals surface area contributed by atoms with Gasteiger partial charge in [0.15, 0.2) is 11.5 Å². The van der Waals surface area contributed by atoms with E-state index in [2.05, 4.69) is 23.5 Å². The van der Waals surface area contributed by atoms with Crippen LogP contribution in [0.25, 0.3) is 0 Å². The van der Waals surface area contributed by atoms with Gasteiger partial charge in [-0.1, -0.05) is 18.9 Å². The molecule has 3 heteroatoms. The van der Waals surface area contributed by atoms with Gasteiger partial charge < -0.3 is 14.8 Å². The molecule has 1 saturated heterocycles. The number of fused-ring (bicyclic) bond motifs is 1. The lowest BCUT2D eigenvalue weighted by molar-refractivity contribution is 0.275. The molecule has 0 bridgehead atoms. The standard InChI is InChI=1S/C18H25NO2/c1-2-9-18(14-5-6-14,19-10-3-1)15-7-8-16-17(13-15)21-12-4-11-20-16/h7-8,13-14,19H,1-6,9-12H2. The van der Waals surface area contributed by atoms with Crippen LogP contribution in [0.4, 0.5) is 0 Å². The summed E-state index contributed by atoms with van der Waals surface area (Å²) in [6.07, 6.45) is 8.94. The van der Waals surface area contributed by atoms with Crippen molar-refractivity contribution in [3.63, 3.8) is 0 Å². The molecule has 21 heavy (non-hydrogen) atoms. The van der Waals surface area contributed by atoms with E-state index >= 15 is 0 Å². The first-order valence-electron chi connectivity index (χ1n) is 8.54. The third-order valence-corrected chi connectivity index (χ3v) is 5.23. The lowest BCUT2D eigenvalue weighted by Crippen LogP contribution is -2.43. The minimum Gasteiger partial charge on any atom is -0.490 e. The number of rotatable bonds is 2. The summed E-state index contributed by atoms with van der Waals surface area (Å²) in [7, 11) is 0. The summed E-state index contributed by atoms with van der Waals surface area (Å²) in [5, 5.41) is 3.90. The Hall–Kier alpha value is -1.22. The van der Waals surface area contributed by atoms with Crippen molar-refractivity contribution in [1.82, 2.24) is 5.32 Å². The summed E-state index contributed by atoms with van der Waals surface area (Å²) < 4.78 is 11.7. The molecule has 3 nitrogen and oxygen atoms in total. The van der Waals surface area contributed by atoms with Crippen molar-refractivity contribution in [3.8, 4) is 11.5 Å². The minimum absolute atomic E-state index is 0.182. The van der Waals surface area contributed by atoms with Gasteiger partial charge in [-0.05, 0) is 55.8 Å². The van der Waals surface area contributed by atoms with Crippen LogP contribution in [-0.4, -0.2) is 19.8 Å². The molecule has 2 heterocycles. The van der Waals surface area contributed by atoms with E-state index in [0.717, 1.165) is 43.6 Å². The highest BCUT2D eigenvalue weighted by atomic mass is 16.5. The summed E-state index contributed by atoms with van der Waals surface area (Å²) in [5.41, 5.74) is 1.59. The van der Waals surface area contributed by atoms with Crippen LogP contribution >= 0.6 is 0 Å². The van der Waals surface area contributed by atoms with E-state index in [4.69, 9.17) is 9.47 Å². The van der Waals surface area contributed by atoms with Crippen molar-refractivity contribution >= 4 is 0 Å². The Morgan fingerprint density at radius 2 is 1.81 bits per heavy atom. The van der Waals surface area contributed by atoms with Crippen molar-refractivity contribution in [2.24, 2.45) is 5.92 Å². The third kappa shape index (κ3) is 2.52. The molecule has 1 atom stereocenters. The van der Waals surface area contributed by atoms with Crippen LogP contribution in [0.3, 0.4) is 0 Å². The molecule has 1 unspecified atom stereocenters. The number of ether oxygens (including phenoxy) is 2. The third-order valence-electron chi connectivity index (χ3n) is 5.23. The van der Waals surface area contributed by atoms with Gasteiger partial charge in [0.2, 0.25) is 0 Å². The van der Waals surface area contributed by atoms with Crippen LogP contribution in [0.15, 0.2) is 18.2 Å². The molecule has 4 rings (SSSR count). The van der Waals surface area contributed by atoms with Crippen LogP contribution in [0.1, 0.15) is 50.5 Å². The predicted molar refractivity (Wildman–Crippen MR) is 82.9 cm³/mol. The summed E-state index contributed by atoms with van der Waals surface area (Å²) in [4.78, 5) is 0. The van der Waals surface area contributed by atoms with Crippen LogP contribution in [0, 0.1) is 5.92 Å². The molecule has 2 aliphatic heterocycles. The summed E-state index contributed by atoms with van der Waals surface area (Å²) in [6.45, 7) is 2.67. The van der Waals surface area contributed by atoms with Crippen LogP contribution in [-0.2, 0) is 5.54 Å². The van der Waals surface area contributed by atoms with Crippen LogP contribution in [0.2, 0.25) is 0 Å². The molecule has 1 aliphatic carbocycles. The van der Waals surface area contributed by atoms with Crippen LogP contribution in [0.5, 0.6) is 11.5 Å². The molecular formula is C18H25NO2. The Labute approximate surface area is 127 Å². The monoisotopic (exact) mass is 287 g/mol. The fourth-order valence-electron chi connectivity index (χ4n) is 3.95. The van der Waals surface area contributed by atoms with E-state index in [1.54, 1.807) is 0 Å². The lowest BCUT2D eigenvalue weighted by atomic mass is 9.81. The molecule has 0 radical (unpaired) electrons. The SMILES string of the molecule is c1cc2c(cc1C1(C3CC3)CCCCCN1)OCCCO2. The second kappa shape index (κ2) is 5.53. The highest BCUT2D eigenvalue weighted by Gasteiger charge is 2.46. The van der Waals surface area contributed by atoms with Gasteiger partial charge in [0.1, 0.15) is 0 Å². The largest absolute Gasteiger partial charge is 0.490 e. The Morgan fingerprint density at radius 3 is 2.67 bits per heavy atom. The van der Waals surface area contributed by atoms with Gasteiger partial charge in [0, 0.05) is 12.0 Å². The van der Waals surface area contributed by atoms with Gasteiger partial charge >= 0.3 is 0 Å². The van der Waals surface area contributed by atoms with E-state index in [0.29, 0.717) is 0 Å². The average molecular weight is 287 g/mol. The lowest BCUT2D eigenvalue weighted by Gasteiger charge is -2.35. The van der Waals surface area contributed by atoms with Gasteiger partial charge in [-0.15, -0.1) is 0 Å². The molecule has 0 spiro atoms. The average Bonchev–Trinajstić information content (AvgIpc) is 3.34. The van der Waals surface area contributed by atoms with E-state index in [9.17, 15) is 0 Å². The van der Waals surface area contributed by atoms with Gasteiger partial charge in [-0.2, -0.15) is 0 Å². The minimum atomic E-state index is 0.182. The van der Waals surface area contributed by atoms with Gasteiger partial charge in [-0.3, -0.25) is 0 Å². The summed E-state index contributed by atoms with van der Waals surface area (Å²) >= 11 is 0.